The second-order valence-electron chi connectivity index (χ2n) is 4.01. The van der Waals surface area contributed by atoms with Crippen LogP contribution >= 0.6 is 47.0 Å². The van der Waals surface area contributed by atoms with Gasteiger partial charge in [-0.15, -0.1) is 0 Å². The monoisotopic (exact) mass is 348 g/mol. The Morgan fingerprint density at radius 3 is 2.75 bits per heavy atom. The number of benzene rings is 1. The summed E-state index contributed by atoms with van der Waals surface area (Å²) < 4.78 is 1.96. The Kier molecular flexibility index (Phi) is 5.21. The van der Waals surface area contributed by atoms with Crippen LogP contribution in [0.2, 0.25) is 15.1 Å². The fraction of sp³-hybridized carbons (Fsp3) is 0.250. The quantitative estimate of drug-likeness (QED) is 0.492. The fourth-order valence-corrected chi connectivity index (χ4v) is 2.44. The first-order chi connectivity index (χ1) is 9.54. The van der Waals surface area contributed by atoms with Gasteiger partial charge in [-0.3, -0.25) is 5.10 Å². The molecule has 1 aromatic heterocycles. The molecule has 0 bridgehead atoms. The summed E-state index contributed by atoms with van der Waals surface area (Å²) in [6.07, 6.45) is 3.23. The second-order valence-corrected chi connectivity index (χ2v) is 5.59. The number of aromatic amines is 1. The molecule has 0 radical (unpaired) electrons. The highest BCUT2D eigenvalue weighted by molar-refractivity contribution is 7.71. The first kappa shape index (κ1) is 15.5. The number of halogens is 3. The van der Waals surface area contributed by atoms with Gasteiger partial charge in [-0.2, -0.15) is 14.9 Å². The number of aromatic nitrogens is 3. The van der Waals surface area contributed by atoms with Crippen molar-refractivity contribution in [3.63, 3.8) is 0 Å². The minimum Gasteiger partial charge on any atom is -0.250 e. The van der Waals surface area contributed by atoms with E-state index in [4.69, 9.17) is 47.0 Å². The van der Waals surface area contributed by atoms with Crippen LogP contribution in [-0.2, 0) is 6.42 Å². The zero-order chi connectivity index (χ0) is 14.7. The van der Waals surface area contributed by atoms with Gasteiger partial charge in [0.05, 0.1) is 21.3 Å². The Morgan fingerprint density at radius 1 is 1.35 bits per heavy atom. The van der Waals surface area contributed by atoms with E-state index < -0.39 is 0 Å². The van der Waals surface area contributed by atoms with Crippen molar-refractivity contribution in [2.45, 2.75) is 19.8 Å². The van der Waals surface area contributed by atoms with Crippen LogP contribution in [-0.4, -0.2) is 21.1 Å². The lowest BCUT2D eigenvalue weighted by molar-refractivity contribution is 0.740. The van der Waals surface area contributed by atoms with Crippen LogP contribution < -0.4 is 0 Å². The number of nitrogens with zero attached hydrogens (tertiary/aromatic N) is 3. The molecule has 0 spiro atoms. The van der Waals surface area contributed by atoms with Crippen molar-refractivity contribution in [1.29, 1.82) is 0 Å². The van der Waals surface area contributed by atoms with E-state index in [2.05, 4.69) is 22.2 Å². The van der Waals surface area contributed by atoms with Gasteiger partial charge in [-0.25, -0.2) is 0 Å². The molecule has 4 nitrogen and oxygen atoms in total. The van der Waals surface area contributed by atoms with E-state index in [1.165, 1.54) is 6.21 Å². The zero-order valence-corrected chi connectivity index (χ0v) is 13.6. The van der Waals surface area contributed by atoms with Crippen LogP contribution in [0.4, 0.5) is 0 Å². The van der Waals surface area contributed by atoms with Gasteiger partial charge in [0.2, 0.25) is 4.77 Å². The SMILES string of the molecule is CCCc1n[nH]c(=S)n1/N=C\c1c(Cl)ccc(Cl)c1Cl. The maximum atomic E-state index is 6.11. The number of nitrogens with one attached hydrogen (secondary N) is 1. The van der Waals surface area contributed by atoms with Crippen LogP contribution in [0.25, 0.3) is 0 Å². The molecule has 0 aliphatic rings. The van der Waals surface area contributed by atoms with Gasteiger partial charge >= 0.3 is 0 Å². The molecule has 2 rings (SSSR count). The lowest BCUT2D eigenvalue weighted by atomic mass is 10.2. The number of aryl methyl sites for hydroxylation is 1. The van der Waals surface area contributed by atoms with Gasteiger partial charge in [0, 0.05) is 12.0 Å². The summed E-state index contributed by atoms with van der Waals surface area (Å²) in [6.45, 7) is 2.05. The van der Waals surface area contributed by atoms with Crippen LogP contribution in [0.3, 0.4) is 0 Å². The molecule has 0 saturated carbocycles. The van der Waals surface area contributed by atoms with Gasteiger partial charge in [-0.1, -0.05) is 41.7 Å². The molecule has 0 atom stereocenters. The van der Waals surface area contributed by atoms with E-state index >= 15 is 0 Å². The van der Waals surface area contributed by atoms with Gasteiger partial charge in [0.1, 0.15) is 0 Å². The third-order valence-corrected chi connectivity index (χ3v) is 3.99. The van der Waals surface area contributed by atoms with Crippen molar-refractivity contribution in [1.82, 2.24) is 14.9 Å². The van der Waals surface area contributed by atoms with Gasteiger partial charge < -0.3 is 0 Å². The molecule has 0 amide bonds. The zero-order valence-electron chi connectivity index (χ0n) is 10.5. The third-order valence-electron chi connectivity index (χ3n) is 2.57. The normalized spacial score (nSPS) is 11.4. The van der Waals surface area contributed by atoms with Crippen molar-refractivity contribution in [2.75, 3.05) is 0 Å². The van der Waals surface area contributed by atoms with Crippen LogP contribution in [0.15, 0.2) is 17.2 Å². The van der Waals surface area contributed by atoms with Crippen molar-refractivity contribution < 1.29 is 0 Å². The Balaban J connectivity index is 2.42. The average Bonchev–Trinajstić information content (AvgIpc) is 2.76. The summed E-state index contributed by atoms with van der Waals surface area (Å²) in [5.41, 5.74) is 0.548. The number of rotatable bonds is 4. The van der Waals surface area contributed by atoms with E-state index in [1.807, 2.05) is 0 Å². The van der Waals surface area contributed by atoms with Crippen LogP contribution in [0.5, 0.6) is 0 Å². The van der Waals surface area contributed by atoms with Crippen molar-refractivity contribution in [3.8, 4) is 0 Å². The average molecular weight is 350 g/mol. The fourth-order valence-electron chi connectivity index (χ4n) is 1.61. The Bertz CT molecular complexity index is 705. The van der Waals surface area contributed by atoms with E-state index in [1.54, 1.807) is 16.8 Å². The van der Waals surface area contributed by atoms with Gasteiger partial charge in [-0.05, 0) is 30.8 Å². The minimum absolute atomic E-state index is 0.356. The van der Waals surface area contributed by atoms with Crippen LogP contribution in [0.1, 0.15) is 24.7 Å². The summed E-state index contributed by atoms with van der Waals surface area (Å²) in [6, 6.07) is 3.30. The number of hydrogen-bond acceptors (Lipinski definition) is 3. The topological polar surface area (TPSA) is 46.0 Å². The number of hydrogen-bond donors (Lipinski definition) is 1. The first-order valence-electron chi connectivity index (χ1n) is 5.88. The molecule has 0 aliphatic carbocycles. The molecule has 106 valence electrons. The summed E-state index contributed by atoms with van der Waals surface area (Å²) in [7, 11) is 0. The lowest BCUT2D eigenvalue weighted by Gasteiger charge is -2.03. The van der Waals surface area contributed by atoms with E-state index in [9.17, 15) is 0 Å². The first-order valence-corrected chi connectivity index (χ1v) is 7.43. The molecule has 0 fully saturated rings. The number of H-pyrrole nitrogens is 1. The van der Waals surface area contributed by atoms with Crippen molar-refractivity contribution in [2.24, 2.45) is 5.10 Å². The molecule has 0 aliphatic heterocycles. The third kappa shape index (κ3) is 3.23. The predicted molar refractivity (Wildman–Crippen MR) is 85.9 cm³/mol. The predicted octanol–water partition coefficient (Wildman–Crippen LogP) is 4.74. The highest BCUT2D eigenvalue weighted by Crippen LogP contribution is 2.30. The molecule has 1 aromatic carbocycles. The van der Waals surface area contributed by atoms with Crippen molar-refractivity contribution in [3.05, 3.63) is 43.4 Å². The van der Waals surface area contributed by atoms with E-state index in [-0.39, 0.29) is 0 Å². The van der Waals surface area contributed by atoms with Crippen molar-refractivity contribution >= 4 is 53.2 Å². The largest absolute Gasteiger partial charge is 0.250 e. The molecule has 0 unspecified atom stereocenters. The molecule has 2 aromatic rings. The summed E-state index contributed by atoms with van der Waals surface area (Å²) in [4.78, 5) is 0. The second kappa shape index (κ2) is 6.72. The Hall–Kier alpha value is -0.880. The highest BCUT2D eigenvalue weighted by Gasteiger charge is 2.08. The molecule has 1 heterocycles. The molecule has 8 heteroatoms. The summed E-state index contributed by atoms with van der Waals surface area (Å²) in [5, 5.41) is 12.4. The Labute approximate surface area is 136 Å². The molecule has 1 N–H and O–H groups in total. The van der Waals surface area contributed by atoms with Crippen LogP contribution in [0, 0.1) is 4.77 Å². The smallest absolute Gasteiger partial charge is 0.216 e. The molecule has 0 saturated heterocycles. The minimum atomic E-state index is 0.356. The standard InChI is InChI=1S/C12H11Cl3N4S/c1-2-3-10-17-18-12(20)19(10)16-6-7-8(13)4-5-9(14)11(7)15/h4-6H,2-3H2,1H3,(H,18,20)/b16-6-. The van der Waals surface area contributed by atoms with Gasteiger partial charge in [0.25, 0.3) is 0 Å². The van der Waals surface area contributed by atoms with E-state index in [0.717, 1.165) is 18.7 Å². The molecular formula is C12H11Cl3N4S. The van der Waals surface area contributed by atoms with E-state index in [0.29, 0.717) is 25.4 Å². The maximum Gasteiger partial charge on any atom is 0.216 e. The summed E-state index contributed by atoms with van der Waals surface area (Å²) in [5.74, 6) is 0.753. The maximum absolute atomic E-state index is 6.11. The Morgan fingerprint density at radius 2 is 2.05 bits per heavy atom. The van der Waals surface area contributed by atoms with Gasteiger partial charge in [0.15, 0.2) is 5.82 Å². The molecule has 20 heavy (non-hydrogen) atoms. The molecular weight excluding hydrogens is 339 g/mol. The highest BCUT2D eigenvalue weighted by atomic mass is 35.5. The summed E-state index contributed by atoms with van der Waals surface area (Å²) >= 11 is 23.3. The lowest BCUT2D eigenvalue weighted by Crippen LogP contribution is -1.99.